The van der Waals surface area contributed by atoms with Crippen LogP contribution in [0.5, 0.6) is 17.2 Å². The van der Waals surface area contributed by atoms with Gasteiger partial charge >= 0.3 is 0 Å². The number of nitrogens with one attached hydrogen (secondary N) is 2. The minimum Gasteiger partial charge on any atom is -0.504 e. The van der Waals surface area contributed by atoms with Crippen LogP contribution in [0.3, 0.4) is 0 Å². The zero-order valence-corrected chi connectivity index (χ0v) is 10.5. The van der Waals surface area contributed by atoms with Crippen LogP contribution in [0.25, 0.3) is 0 Å². The Hall–Kier alpha value is -3.03. The van der Waals surface area contributed by atoms with Crippen LogP contribution in [-0.2, 0) is 0 Å². The second kappa shape index (κ2) is 5.31. The van der Waals surface area contributed by atoms with Crippen molar-refractivity contribution in [1.29, 1.82) is 0 Å². The van der Waals surface area contributed by atoms with Crippen molar-refractivity contribution in [3.8, 4) is 17.2 Å². The number of aromatic hydroxyl groups is 3. The molecular formula is C12H12N4O4. The molecule has 2 aromatic rings. The predicted octanol–water partition coefficient (Wildman–Crippen LogP) is 0.641. The molecule has 0 spiro atoms. The lowest BCUT2D eigenvalue weighted by Gasteiger charge is -2.03. The molecule has 0 aliphatic carbocycles. The smallest absolute Gasteiger partial charge is 0.252 e. The largest absolute Gasteiger partial charge is 0.504 e. The topological polar surface area (TPSA) is 131 Å². The first-order chi connectivity index (χ1) is 9.47. The van der Waals surface area contributed by atoms with Crippen LogP contribution in [0.15, 0.2) is 28.1 Å². The van der Waals surface area contributed by atoms with Crippen molar-refractivity contribution in [1.82, 2.24) is 9.97 Å². The van der Waals surface area contributed by atoms with Gasteiger partial charge in [-0.2, -0.15) is 5.10 Å². The van der Waals surface area contributed by atoms with E-state index in [4.69, 9.17) is 5.11 Å². The van der Waals surface area contributed by atoms with Crippen molar-refractivity contribution in [2.24, 2.45) is 5.10 Å². The van der Waals surface area contributed by atoms with Crippen molar-refractivity contribution in [3.63, 3.8) is 0 Å². The molecule has 20 heavy (non-hydrogen) atoms. The van der Waals surface area contributed by atoms with Crippen LogP contribution < -0.4 is 11.0 Å². The summed E-state index contributed by atoms with van der Waals surface area (Å²) in [6, 6.07) is 3.91. The van der Waals surface area contributed by atoms with Gasteiger partial charge in [-0.3, -0.25) is 9.78 Å². The molecule has 0 bridgehead atoms. The number of nitrogens with zero attached hydrogens (tertiary/aromatic N) is 2. The molecule has 0 atom stereocenters. The lowest BCUT2D eigenvalue weighted by Crippen LogP contribution is -2.10. The highest BCUT2D eigenvalue weighted by Crippen LogP contribution is 2.36. The maximum absolute atomic E-state index is 11.2. The standard InChI is InChI=1S/C12H12N4O4/c1-6-4-9(18)15-12(14-6)16-13-5-7-2-3-8(17)11(20)10(7)19/h2-5,17,19-20H,1H3,(H2,14,15,16,18)/b13-5+. The number of hydrogen-bond donors (Lipinski definition) is 5. The number of phenols is 3. The molecule has 0 amide bonds. The number of rotatable bonds is 3. The molecule has 0 fully saturated rings. The molecule has 1 heterocycles. The van der Waals surface area contributed by atoms with Crippen molar-refractivity contribution in [3.05, 3.63) is 39.8 Å². The fraction of sp³-hybridized carbons (Fsp3) is 0.0833. The summed E-state index contributed by atoms with van der Waals surface area (Å²) in [6.07, 6.45) is 1.21. The molecule has 0 saturated carbocycles. The molecule has 0 aliphatic rings. The Bertz CT molecular complexity index is 724. The van der Waals surface area contributed by atoms with Gasteiger partial charge in [0, 0.05) is 17.3 Å². The number of hydrazone groups is 1. The summed E-state index contributed by atoms with van der Waals surface area (Å²) >= 11 is 0. The third kappa shape index (κ3) is 2.86. The van der Waals surface area contributed by atoms with Gasteiger partial charge in [0.15, 0.2) is 11.5 Å². The van der Waals surface area contributed by atoms with Crippen molar-refractivity contribution in [2.75, 3.05) is 5.43 Å². The van der Waals surface area contributed by atoms with Gasteiger partial charge in [-0.05, 0) is 19.1 Å². The summed E-state index contributed by atoms with van der Waals surface area (Å²) in [5, 5.41) is 31.8. The Balaban J connectivity index is 2.18. The van der Waals surface area contributed by atoms with E-state index in [1.54, 1.807) is 6.92 Å². The average Bonchev–Trinajstić information content (AvgIpc) is 2.38. The lowest BCUT2D eigenvalue weighted by atomic mass is 10.2. The molecule has 1 aromatic heterocycles. The fourth-order valence-corrected chi connectivity index (χ4v) is 1.48. The Morgan fingerprint density at radius 1 is 1.30 bits per heavy atom. The first-order valence-electron chi connectivity index (χ1n) is 5.58. The predicted molar refractivity (Wildman–Crippen MR) is 72.2 cm³/mol. The lowest BCUT2D eigenvalue weighted by molar-refractivity contribution is 0.367. The molecule has 0 saturated heterocycles. The van der Waals surface area contributed by atoms with Crippen molar-refractivity contribution < 1.29 is 15.3 Å². The Morgan fingerprint density at radius 2 is 2.05 bits per heavy atom. The number of benzene rings is 1. The van der Waals surface area contributed by atoms with E-state index in [-0.39, 0.29) is 17.1 Å². The molecule has 0 aliphatic heterocycles. The Kier molecular flexibility index (Phi) is 3.56. The highest BCUT2D eigenvalue weighted by atomic mass is 16.3. The quantitative estimate of drug-likeness (QED) is 0.317. The van der Waals surface area contributed by atoms with E-state index in [0.717, 1.165) is 0 Å². The summed E-state index contributed by atoms with van der Waals surface area (Å²) in [7, 11) is 0. The molecule has 8 nitrogen and oxygen atoms in total. The SMILES string of the molecule is Cc1cc(=O)[nH]c(N/N=C/c2ccc(O)c(O)c2O)n1. The molecule has 1 aromatic carbocycles. The van der Waals surface area contributed by atoms with Gasteiger partial charge in [-0.15, -0.1) is 0 Å². The van der Waals surface area contributed by atoms with Gasteiger partial charge in [0.2, 0.25) is 11.7 Å². The normalized spacial score (nSPS) is 10.8. The zero-order valence-electron chi connectivity index (χ0n) is 10.5. The summed E-state index contributed by atoms with van der Waals surface area (Å²) in [4.78, 5) is 17.6. The molecule has 5 N–H and O–H groups in total. The van der Waals surface area contributed by atoms with Crippen LogP contribution in [0.4, 0.5) is 5.95 Å². The number of hydrogen-bond acceptors (Lipinski definition) is 7. The third-order valence-corrected chi connectivity index (χ3v) is 2.40. The van der Waals surface area contributed by atoms with Gasteiger partial charge in [0.05, 0.1) is 6.21 Å². The van der Waals surface area contributed by atoms with Crippen LogP contribution in [0, 0.1) is 6.92 Å². The Morgan fingerprint density at radius 3 is 2.75 bits per heavy atom. The number of anilines is 1. The molecule has 2 rings (SSSR count). The van der Waals surface area contributed by atoms with Crippen LogP contribution in [0.1, 0.15) is 11.3 Å². The maximum atomic E-state index is 11.2. The van der Waals surface area contributed by atoms with Crippen molar-refractivity contribution in [2.45, 2.75) is 6.92 Å². The van der Waals surface area contributed by atoms with E-state index >= 15 is 0 Å². The number of aryl methyl sites for hydroxylation is 1. The molecular weight excluding hydrogens is 264 g/mol. The zero-order chi connectivity index (χ0) is 14.7. The van der Waals surface area contributed by atoms with E-state index in [0.29, 0.717) is 5.69 Å². The van der Waals surface area contributed by atoms with Crippen molar-refractivity contribution >= 4 is 12.2 Å². The van der Waals surface area contributed by atoms with Gasteiger partial charge in [-0.1, -0.05) is 0 Å². The second-order valence-corrected chi connectivity index (χ2v) is 3.98. The molecule has 0 radical (unpaired) electrons. The highest BCUT2D eigenvalue weighted by molar-refractivity contribution is 5.85. The van der Waals surface area contributed by atoms with Crippen LogP contribution in [0.2, 0.25) is 0 Å². The minimum atomic E-state index is -0.629. The minimum absolute atomic E-state index is 0.147. The first-order valence-corrected chi connectivity index (χ1v) is 5.58. The van der Waals surface area contributed by atoms with Gasteiger partial charge < -0.3 is 15.3 Å². The molecule has 0 unspecified atom stereocenters. The Labute approximate surface area is 113 Å². The van der Waals surface area contributed by atoms with E-state index in [9.17, 15) is 15.0 Å². The summed E-state index contributed by atoms with van der Waals surface area (Å²) in [5.74, 6) is -1.41. The summed E-state index contributed by atoms with van der Waals surface area (Å²) in [5.41, 5.74) is 2.87. The van der Waals surface area contributed by atoms with Gasteiger partial charge in [-0.25, -0.2) is 10.4 Å². The molecule has 104 valence electrons. The van der Waals surface area contributed by atoms with E-state index < -0.39 is 17.2 Å². The van der Waals surface area contributed by atoms with Gasteiger partial charge in [0.1, 0.15) is 0 Å². The number of aromatic amines is 1. The van der Waals surface area contributed by atoms with E-state index in [1.165, 1.54) is 24.4 Å². The third-order valence-electron chi connectivity index (χ3n) is 2.40. The average molecular weight is 276 g/mol. The maximum Gasteiger partial charge on any atom is 0.252 e. The summed E-state index contributed by atoms with van der Waals surface area (Å²) in [6.45, 7) is 1.66. The highest BCUT2D eigenvalue weighted by Gasteiger charge is 2.09. The fourth-order valence-electron chi connectivity index (χ4n) is 1.48. The van der Waals surface area contributed by atoms with Crippen LogP contribution in [-0.4, -0.2) is 31.5 Å². The number of H-pyrrole nitrogens is 1. The monoisotopic (exact) mass is 276 g/mol. The van der Waals surface area contributed by atoms with E-state index in [2.05, 4.69) is 20.5 Å². The van der Waals surface area contributed by atoms with Crippen LogP contribution >= 0.6 is 0 Å². The van der Waals surface area contributed by atoms with E-state index in [1.807, 2.05) is 0 Å². The number of aromatic nitrogens is 2. The second-order valence-electron chi connectivity index (χ2n) is 3.98. The first kappa shape index (κ1) is 13.4. The van der Waals surface area contributed by atoms with Gasteiger partial charge in [0.25, 0.3) is 5.56 Å². The molecule has 8 heteroatoms. The number of phenolic OH excluding ortho intramolecular Hbond substituents is 3. The summed E-state index contributed by atoms with van der Waals surface area (Å²) < 4.78 is 0.